The van der Waals surface area contributed by atoms with Gasteiger partial charge in [0.1, 0.15) is 5.75 Å². The number of benzene rings is 2. The maximum Gasteiger partial charge on any atom is 0.263 e. The lowest BCUT2D eigenvalue weighted by Crippen LogP contribution is -2.21. The molecule has 0 spiro atoms. The monoisotopic (exact) mass is 323 g/mol. The van der Waals surface area contributed by atoms with Crippen molar-refractivity contribution in [1.29, 1.82) is 0 Å². The molecule has 0 unspecified atom stereocenters. The second-order valence-electron chi connectivity index (χ2n) is 5.39. The van der Waals surface area contributed by atoms with Crippen molar-refractivity contribution in [2.75, 3.05) is 11.9 Å². The molecular formula is C18H17N3O3. The fourth-order valence-corrected chi connectivity index (χ4v) is 2.39. The summed E-state index contributed by atoms with van der Waals surface area (Å²) in [5.74, 6) is 0.663. The number of hydrogen-bond acceptors (Lipinski definition) is 5. The average Bonchev–Trinajstić information content (AvgIpc) is 3.03. The Morgan fingerprint density at radius 2 is 1.75 bits per heavy atom. The Morgan fingerprint density at radius 1 is 1.04 bits per heavy atom. The van der Waals surface area contributed by atoms with E-state index in [4.69, 9.17) is 9.37 Å². The van der Waals surface area contributed by atoms with Gasteiger partial charge >= 0.3 is 0 Å². The summed E-state index contributed by atoms with van der Waals surface area (Å²) in [4.78, 5) is 12.1. The zero-order valence-electron chi connectivity index (χ0n) is 13.4. The maximum atomic E-state index is 12.1. The Kier molecular flexibility index (Phi) is 4.56. The summed E-state index contributed by atoms with van der Waals surface area (Å²) < 4.78 is 10.4. The summed E-state index contributed by atoms with van der Waals surface area (Å²) in [5.41, 5.74) is 3.26. The Bertz CT molecular complexity index is 823. The zero-order chi connectivity index (χ0) is 16.9. The Hall–Kier alpha value is -3.15. The predicted molar refractivity (Wildman–Crippen MR) is 89.8 cm³/mol. The van der Waals surface area contributed by atoms with Crippen molar-refractivity contribution in [3.05, 3.63) is 59.7 Å². The molecule has 0 aliphatic heterocycles. The van der Waals surface area contributed by atoms with Gasteiger partial charge in [0.2, 0.25) is 5.82 Å². The van der Waals surface area contributed by atoms with Crippen LogP contribution < -0.4 is 10.1 Å². The molecule has 0 saturated carbocycles. The molecule has 6 heteroatoms. The number of ether oxygens (including phenoxy) is 1. The molecule has 0 saturated heterocycles. The topological polar surface area (TPSA) is 77.2 Å². The molecule has 6 nitrogen and oxygen atoms in total. The molecule has 2 aromatic carbocycles. The van der Waals surface area contributed by atoms with Crippen LogP contribution in [0.2, 0.25) is 0 Å². The second-order valence-corrected chi connectivity index (χ2v) is 5.39. The van der Waals surface area contributed by atoms with Crippen LogP contribution in [-0.2, 0) is 4.79 Å². The van der Waals surface area contributed by atoms with Gasteiger partial charge in [-0.1, -0.05) is 48.5 Å². The first-order valence-electron chi connectivity index (χ1n) is 7.52. The molecule has 0 radical (unpaired) electrons. The van der Waals surface area contributed by atoms with E-state index in [0.717, 1.165) is 16.7 Å². The number of nitrogens with one attached hydrogen (secondary N) is 1. The number of carbonyl (C=O) groups excluding carboxylic acids is 1. The summed E-state index contributed by atoms with van der Waals surface area (Å²) in [6, 6.07) is 15.2. The minimum Gasteiger partial charge on any atom is -0.483 e. The molecule has 0 fully saturated rings. The number of rotatable bonds is 5. The van der Waals surface area contributed by atoms with Crippen molar-refractivity contribution in [3.63, 3.8) is 0 Å². The number of carbonyl (C=O) groups is 1. The lowest BCUT2D eigenvalue weighted by atomic mass is 10.1. The second kappa shape index (κ2) is 6.95. The molecule has 0 bridgehead atoms. The van der Waals surface area contributed by atoms with Crippen LogP contribution >= 0.6 is 0 Å². The Balaban J connectivity index is 1.67. The smallest absolute Gasteiger partial charge is 0.263 e. The molecule has 0 aliphatic rings. The summed E-state index contributed by atoms with van der Waals surface area (Å²) >= 11 is 0. The third-order valence-corrected chi connectivity index (χ3v) is 3.55. The van der Waals surface area contributed by atoms with Crippen LogP contribution in [0.15, 0.2) is 53.2 Å². The van der Waals surface area contributed by atoms with Crippen LogP contribution in [0.4, 0.5) is 5.82 Å². The first-order valence-corrected chi connectivity index (χ1v) is 7.52. The molecule has 3 rings (SSSR count). The highest BCUT2D eigenvalue weighted by molar-refractivity contribution is 5.94. The van der Waals surface area contributed by atoms with Crippen LogP contribution in [0.3, 0.4) is 0 Å². The van der Waals surface area contributed by atoms with Crippen molar-refractivity contribution in [2.24, 2.45) is 0 Å². The number of aryl methyl sites for hydroxylation is 2. The molecule has 1 heterocycles. The molecular weight excluding hydrogens is 306 g/mol. The van der Waals surface area contributed by atoms with Gasteiger partial charge < -0.3 is 10.1 Å². The molecule has 0 atom stereocenters. The maximum absolute atomic E-state index is 12.1. The zero-order valence-corrected chi connectivity index (χ0v) is 13.4. The minimum absolute atomic E-state index is 0.118. The summed E-state index contributed by atoms with van der Waals surface area (Å²) in [6.45, 7) is 3.76. The SMILES string of the molecule is Cc1cccc(C)c1OCC(=O)Nc1nonc1-c1ccccc1. The quantitative estimate of drug-likeness (QED) is 0.779. The summed E-state index contributed by atoms with van der Waals surface area (Å²) in [7, 11) is 0. The molecule has 122 valence electrons. The number of anilines is 1. The van der Waals surface area contributed by atoms with Gasteiger partial charge in [0, 0.05) is 5.56 Å². The summed E-state index contributed by atoms with van der Waals surface area (Å²) in [5, 5.41) is 10.3. The highest BCUT2D eigenvalue weighted by atomic mass is 16.6. The third kappa shape index (κ3) is 3.43. The molecule has 3 aromatic rings. The normalized spacial score (nSPS) is 10.4. The van der Waals surface area contributed by atoms with E-state index >= 15 is 0 Å². The van der Waals surface area contributed by atoms with Crippen molar-refractivity contribution in [2.45, 2.75) is 13.8 Å². The van der Waals surface area contributed by atoms with Crippen molar-refractivity contribution >= 4 is 11.7 Å². The van der Waals surface area contributed by atoms with E-state index in [-0.39, 0.29) is 18.3 Å². The van der Waals surface area contributed by atoms with Crippen LogP contribution in [0.25, 0.3) is 11.3 Å². The van der Waals surface area contributed by atoms with E-state index in [1.54, 1.807) is 0 Å². The van der Waals surface area contributed by atoms with Gasteiger partial charge in [0.05, 0.1) is 0 Å². The van der Waals surface area contributed by atoms with Gasteiger partial charge in [-0.15, -0.1) is 0 Å². The Labute approximate surface area is 139 Å². The van der Waals surface area contributed by atoms with Gasteiger partial charge in [0.25, 0.3) is 5.91 Å². The summed E-state index contributed by atoms with van der Waals surface area (Å²) in [6.07, 6.45) is 0. The third-order valence-electron chi connectivity index (χ3n) is 3.55. The number of para-hydroxylation sites is 1. The number of aromatic nitrogens is 2. The molecule has 1 N–H and O–H groups in total. The fourth-order valence-electron chi connectivity index (χ4n) is 2.39. The Morgan fingerprint density at radius 3 is 2.46 bits per heavy atom. The van der Waals surface area contributed by atoms with E-state index in [1.165, 1.54) is 0 Å². The fraction of sp³-hybridized carbons (Fsp3) is 0.167. The first-order chi connectivity index (χ1) is 11.6. The van der Waals surface area contributed by atoms with E-state index < -0.39 is 0 Å². The van der Waals surface area contributed by atoms with Crippen LogP contribution in [0, 0.1) is 13.8 Å². The van der Waals surface area contributed by atoms with E-state index in [2.05, 4.69) is 15.6 Å². The van der Waals surface area contributed by atoms with Gasteiger partial charge in [-0.2, -0.15) is 0 Å². The molecule has 1 amide bonds. The van der Waals surface area contributed by atoms with Gasteiger partial charge in [0.15, 0.2) is 12.3 Å². The van der Waals surface area contributed by atoms with Crippen molar-refractivity contribution in [1.82, 2.24) is 10.3 Å². The standard InChI is InChI=1S/C18H17N3O3/c1-12-7-6-8-13(2)17(12)23-11-15(22)19-18-16(20-24-21-18)14-9-4-3-5-10-14/h3-10H,11H2,1-2H3,(H,19,21,22). The number of hydrogen-bond donors (Lipinski definition) is 1. The van der Waals surface area contributed by atoms with E-state index in [1.807, 2.05) is 62.4 Å². The van der Waals surface area contributed by atoms with Crippen LogP contribution in [-0.4, -0.2) is 22.8 Å². The van der Waals surface area contributed by atoms with Crippen LogP contribution in [0.1, 0.15) is 11.1 Å². The highest BCUT2D eigenvalue weighted by Gasteiger charge is 2.15. The van der Waals surface area contributed by atoms with Crippen molar-refractivity contribution in [3.8, 4) is 17.0 Å². The lowest BCUT2D eigenvalue weighted by Gasteiger charge is -2.11. The molecule has 0 aliphatic carbocycles. The van der Waals surface area contributed by atoms with Crippen molar-refractivity contribution < 1.29 is 14.2 Å². The largest absolute Gasteiger partial charge is 0.483 e. The average molecular weight is 323 g/mol. The minimum atomic E-state index is -0.328. The predicted octanol–water partition coefficient (Wildman–Crippen LogP) is 3.37. The van der Waals surface area contributed by atoms with E-state index in [9.17, 15) is 4.79 Å². The van der Waals surface area contributed by atoms with Crippen LogP contribution in [0.5, 0.6) is 5.75 Å². The molecule has 1 aromatic heterocycles. The van der Waals surface area contributed by atoms with Gasteiger partial charge in [-0.25, -0.2) is 4.63 Å². The number of amides is 1. The first kappa shape index (κ1) is 15.7. The number of nitrogens with zero attached hydrogens (tertiary/aromatic N) is 2. The van der Waals surface area contributed by atoms with Gasteiger partial charge in [-0.3, -0.25) is 4.79 Å². The lowest BCUT2D eigenvalue weighted by molar-refractivity contribution is -0.118. The molecule has 24 heavy (non-hydrogen) atoms. The van der Waals surface area contributed by atoms with E-state index in [0.29, 0.717) is 11.4 Å². The van der Waals surface area contributed by atoms with Gasteiger partial charge in [-0.05, 0) is 35.3 Å². The highest BCUT2D eigenvalue weighted by Crippen LogP contribution is 2.24.